The number of nitrogens with zero attached hydrogens (tertiary/aromatic N) is 2. The first-order valence-electron chi connectivity index (χ1n) is 6.17. The fourth-order valence-corrected chi connectivity index (χ4v) is 4.25. The summed E-state index contributed by atoms with van der Waals surface area (Å²) >= 11 is 1.26. The summed E-state index contributed by atoms with van der Waals surface area (Å²) < 4.78 is 24.1. The molecule has 0 aliphatic rings. The highest BCUT2D eigenvalue weighted by Crippen LogP contribution is 2.25. The van der Waals surface area contributed by atoms with E-state index in [-0.39, 0.29) is 5.75 Å². The van der Waals surface area contributed by atoms with Crippen LogP contribution in [0.25, 0.3) is 10.6 Å². The van der Waals surface area contributed by atoms with E-state index in [2.05, 4.69) is 10.2 Å². The standard InChI is InChI=1S/C13H16N2O3S2/c1-9(16)10(2)20(17,18)8-12-14-15-13(19-12)11-6-4-3-5-7-11/h3-7,9-10,16H,8H2,1-2H3/t9-,10+/m0/s1. The van der Waals surface area contributed by atoms with Gasteiger partial charge in [0, 0.05) is 5.56 Å². The third-order valence-electron chi connectivity index (χ3n) is 3.06. The summed E-state index contributed by atoms with van der Waals surface area (Å²) in [5, 5.41) is 17.7. The minimum absolute atomic E-state index is 0.191. The number of benzene rings is 1. The molecule has 0 radical (unpaired) electrons. The number of hydrogen-bond acceptors (Lipinski definition) is 6. The minimum Gasteiger partial charge on any atom is -0.392 e. The molecule has 0 amide bonds. The monoisotopic (exact) mass is 312 g/mol. The first-order chi connectivity index (χ1) is 9.40. The van der Waals surface area contributed by atoms with Gasteiger partial charge in [-0.1, -0.05) is 41.7 Å². The number of aliphatic hydroxyl groups excluding tert-OH is 1. The van der Waals surface area contributed by atoms with Gasteiger partial charge in [-0.3, -0.25) is 0 Å². The lowest BCUT2D eigenvalue weighted by atomic mass is 10.2. The molecule has 2 rings (SSSR count). The molecule has 1 heterocycles. The Labute approximate surface area is 122 Å². The molecular weight excluding hydrogens is 296 g/mol. The Kier molecular flexibility index (Phi) is 4.52. The number of rotatable bonds is 5. The van der Waals surface area contributed by atoms with Crippen LogP contribution in [0.4, 0.5) is 0 Å². The first-order valence-corrected chi connectivity index (χ1v) is 8.71. The third kappa shape index (κ3) is 3.41. The molecule has 2 aromatic rings. The molecule has 0 saturated heterocycles. The summed E-state index contributed by atoms with van der Waals surface area (Å²) in [6, 6.07) is 9.49. The Morgan fingerprint density at radius 3 is 2.45 bits per heavy atom. The molecule has 0 aliphatic carbocycles. The number of hydrogen-bond donors (Lipinski definition) is 1. The van der Waals surface area contributed by atoms with Gasteiger partial charge < -0.3 is 5.11 Å². The minimum atomic E-state index is -3.42. The van der Waals surface area contributed by atoms with Crippen molar-refractivity contribution in [3.05, 3.63) is 35.3 Å². The summed E-state index contributed by atoms with van der Waals surface area (Å²) in [7, 11) is -3.42. The zero-order valence-electron chi connectivity index (χ0n) is 11.2. The molecular formula is C13H16N2O3S2. The van der Waals surface area contributed by atoms with E-state index in [1.807, 2.05) is 30.3 Å². The Bertz CT molecular complexity index is 666. The maximum atomic E-state index is 12.1. The Hall–Kier alpha value is -1.31. The van der Waals surface area contributed by atoms with E-state index < -0.39 is 21.2 Å². The zero-order chi connectivity index (χ0) is 14.8. The quantitative estimate of drug-likeness (QED) is 0.912. The Morgan fingerprint density at radius 1 is 1.20 bits per heavy atom. The summed E-state index contributed by atoms with van der Waals surface area (Å²) in [6.07, 6.45) is -0.901. The largest absolute Gasteiger partial charge is 0.392 e. The maximum absolute atomic E-state index is 12.1. The summed E-state index contributed by atoms with van der Waals surface area (Å²) in [5.41, 5.74) is 0.914. The zero-order valence-corrected chi connectivity index (χ0v) is 12.9. The molecule has 7 heteroatoms. The van der Waals surface area contributed by atoms with Crippen LogP contribution in [0.3, 0.4) is 0 Å². The fraction of sp³-hybridized carbons (Fsp3) is 0.385. The lowest BCUT2D eigenvalue weighted by Crippen LogP contribution is -2.30. The molecule has 2 atom stereocenters. The Morgan fingerprint density at radius 2 is 1.85 bits per heavy atom. The summed E-state index contributed by atoms with van der Waals surface area (Å²) in [4.78, 5) is 0. The second-order valence-electron chi connectivity index (χ2n) is 4.62. The van der Waals surface area contributed by atoms with Gasteiger partial charge in [0.25, 0.3) is 0 Å². The van der Waals surface area contributed by atoms with Crippen molar-refractivity contribution in [2.75, 3.05) is 0 Å². The molecule has 1 aromatic heterocycles. The first kappa shape index (κ1) is 15.1. The second kappa shape index (κ2) is 5.99. The van der Waals surface area contributed by atoms with Gasteiger partial charge in [-0.15, -0.1) is 10.2 Å². The van der Waals surface area contributed by atoms with Crippen LogP contribution in [-0.2, 0) is 15.6 Å². The predicted octanol–water partition coefficient (Wildman–Crippen LogP) is 1.89. The predicted molar refractivity (Wildman–Crippen MR) is 79.1 cm³/mol. The molecule has 1 N–H and O–H groups in total. The van der Waals surface area contributed by atoms with Crippen molar-refractivity contribution < 1.29 is 13.5 Å². The molecule has 0 unspecified atom stereocenters. The molecule has 0 aliphatic heterocycles. The van der Waals surface area contributed by atoms with E-state index in [0.29, 0.717) is 10.0 Å². The average molecular weight is 312 g/mol. The van der Waals surface area contributed by atoms with Crippen molar-refractivity contribution in [2.24, 2.45) is 0 Å². The van der Waals surface area contributed by atoms with E-state index in [1.54, 1.807) is 0 Å². The normalized spacial score (nSPS) is 14.9. The number of sulfone groups is 1. The van der Waals surface area contributed by atoms with Crippen molar-refractivity contribution in [3.63, 3.8) is 0 Å². The van der Waals surface area contributed by atoms with Crippen LogP contribution in [0.2, 0.25) is 0 Å². The van der Waals surface area contributed by atoms with Crippen molar-refractivity contribution in [1.82, 2.24) is 10.2 Å². The number of aromatic nitrogens is 2. The topological polar surface area (TPSA) is 80.1 Å². The van der Waals surface area contributed by atoms with Gasteiger partial charge in [-0.2, -0.15) is 0 Å². The van der Waals surface area contributed by atoms with Crippen molar-refractivity contribution in [2.45, 2.75) is 31.0 Å². The fourth-order valence-electron chi connectivity index (χ4n) is 1.61. The van der Waals surface area contributed by atoms with Gasteiger partial charge in [0.2, 0.25) is 0 Å². The van der Waals surface area contributed by atoms with Crippen molar-refractivity contribution in [3.8, 4) is 10.6 Å². The van der Waals surface area contributed by atoms with E-state index in [1.165, 1.54) is 25.2 Å². The molecule has 0 fully saturated rings. The second-order valence-corrected chi connectivity index (χ2v) is 8.04. The van der Waals surface area contributed by atoms with E-state index >= 15 is 0 Å². The Balaban J connectivity index is 2.19. The van der Waals surface area contributed by atoms with Gasteiger partial charge >= 0.3 is 0 Å². The molecule has 1 aromatic carbocycles. The summed E-state index contributed by atoms with van der Waals surface area (Å²) in [6.45, 7) is 2.97. The molecule has 108 valence electrons. The van der Waals surface area contributed by atoms with Crippen LogP contribution in [0.5, 0.6) is 0 Å². The van der Waals surface area contributed by atoms with Gasteiger partial charge in [0.15, 0.2) is 9.84 Å². The lowest BCUT2D eigenvalue weighted by molar-refractivity contribution is 0.193. The van der Waals surface area contributed by atoms with E-state index in [9.17, 15) is 13.5 Å². The summed E-state index contributed by atoms with van der Waals surface area (Å²) in [5.74, 6) is -0.191. The van der Waals surface area contributed by atoms with Gasteiger partial charge in [0.1, 0.15) is 15.8 Å². The van der Waals surface area contributed by atoms with E-state index in [4.69, 9.17) is 0 Å². The highest BCUT2D eigenvalue weighted by Gasteiger charge is 2.27. The van der Waals surface area contributed by atoms with Crippen molar-refractivity contribution in [1.29, 1.82) is 0 Å². The molecule has 0 saturated carbocycles. The molecule has 5 nitrogen and oxygen atoms in total. The van der Waals surface area contributed by atoms with Gasteiger partial charge in [-0.05, 0) is 13.8 Å². The van der Waals surface area contributed by atoms with Crippen LogP contribution in [0, 0.1) is 0 Å². The maximum Gasteiger partial charge on any atom is 0.162 e. The van der Waals surface area contributed by atoms with Gasteiger partial charge in [-0.25, -0.2) is 8.42 Å². The van der Waals surface area contributed by atoms with Gasteiger partial charge in [0.05, 0.1) is 11.4 Å². The molecule has 0 spiro atoms. The SMILES string of the molecule is C[C@H](O)[C@@H](C)S(=O)(=O)Cc1nnc(-c2ccccc2)s1. The van der Waals surface area contributed by atoms with Crippen LogP contribution < -0.4 is 0 Å². The highest BCUT2D eigenvalue weighted by molar-refractivity contribution is 7.91. The molecule has 0 bridgehead atoms. The highest BCUT2D eigenvalue weighted by atomic mass is 32.2. The average Bonchev–Trinajstić information content (AvgIpc) is 2.86. The van der Waals surface area contributed by atoms with Crippen LogP contribution >= 0.6 is 11.3 Å². The number of aliphatic hydroxyl groups is 1. The van der Waals surface area contributed by atoms with E-state index in [0.717, 1.165) is 5.56 Å². The third-order valence-corrected chi connectivity index (χ3v) is 6.42. The van der Waals surface area contributed by atoms with Crippen molar-refractivity contribution >= 4 is 21.2 Å². The van der Waals surface area contributed by atoms with Crippen LogP contribution in [0.1, 0.15) is 18.9 Å². The molecule has 20 heavy (non-hydrogen) atoms. The van der Waals surface area contributed by atoms with Crippen LogP contribution in [-0.4, -0.2) is 35.1 Å². The lowest BCUT2D eigenvalue weighted by Gasteiger charge is -2.14. The smallest absolute Gasteiger partial charge is 0.162 e. The van der Waals surface area contributed by atoms with Crippen LogP contribution in [0.15, 0.2) is 30.3 Å².